The predicted octanol–water partition coefficient (Wildman–Crippen LogP) is 2.75. The summed E-state index contributed by atoms with van der Waals surface area (Å²) in [5.41, 5.74) is 0.995. The maximum atomic E-state index is 12.6. The Hall–Kier alpha value is -1.55. The molecular weight excluding hydrogens is 264 g/mol. The molecule has 0 aromatic heterocycles. The van der Waals surface area contributed by atoms with Crippen LogP contribution in [0, 0.1) is 0 Å². The summed E-state index contributed by atoms with van der Waals surface area (Å²) in [4.78, 5) is 14.6. The van der Waals surface area contributed by atoms with Crippen molar-refractivity contribution in [2.75, 3.05) is 21.2 Å². The largest absolute Gasteiger partial charge is 0.497 e. The second-order valence-electron chi connectivity index (χ2n) is 5.98. The van der Waals surface area contributed by atoms with Crippen LogP contribution in [-0.4, -0.2) is 38.1 Å². The first-order valence-electron chi connectivity index (χ1n) is 7.72. The normalized spacial score (nSPS) is 17.5. The molecule has 1 amide bonds. The number of hydrogen-bond donors (Lipinski definition) is 1. The number of amides is 1. The van der Waals surface area contributed by atoms with Crippen LogP contribution in [0.3, 0.4) is 0 Å². The fourth-order valence-corrected chi connectivity index (χ4v) is 3.00. The summed E-state index contributed by atoms with van der Waals surface area (Å²) in [5, 5.41) is 3.22. The molecule has 4 nitrogen and oxygen atoms in total. The van der Waals surface area contributed by atoms with Crippen molar-refractivity contribution in [1.29, 1.82) is 0 Å². The van der Waals surface area contributed by atoms with E-state index >= 15 is 0 Å². The molecule has 0 heterocycles. The van der Waals surface area contributed by atoms with Gasteiger partial charge in [-0.3, -0.25) is 9.69 Å². The van der Waals surface area contributed by atoms with E-state index in [1.807, 2.05) is 43.3 Å². The Labute approximate surface area is 127 Å². The van der Waals surface area contributed by atoms with Crippen molar-refractivity contribution in [3.05, 3.63) is 29.8 Å². The highest BCUT2D eigenvalue weighted by atomic mass is 16.5. The molecule has 1 aromatic rings. The molecule has 0 spiro atoms. The van der Waals surface area contributed by atoms with Gasteiger partial charge in [0.2, 0.25) is 5.91 Å². The highest BCUT2D eigenvalue weighted by Gasteiger charge is 2.25. The number of methoxy groups -OCH3 is 1. The fraction of sp³-hybridized carbons (Fsp3) is 0.588. The van der Waals surface area contributed by atoms with Crippen LogP contribution in [0.15, 0.2) is 24.3 Å². The lowest BCUT2D eigenvalue weighted by Crippen LogP contribution is -2.43. The molecule has 21 heavy (non-hydrogen) atoms. The molecule has 1 saturated carbocycles. The van der Waals surface area contributed by atoms with Gasteiger partial charge in [-0.2, -0.15) is 0 Å². The molecule has 1 aliphatic rings. The van der Waals surface area contributed by atoms with Crippen LogP contribution in [-0.2, 0) is 4.79 Å². The van der Waals surface area contributed by atoms with E-state index in [9.17, 15) is 4.79 Å². The lowest BCUT2D eigenvalue weighted by molar-refractivity contribution is -0.126. The zero-order chi connectivity index (χ0) is 15.2. The van der Waals surface area contributed by atoms with Gasteiger partial charge in [-0.1, -0.05) is 31.4 Å². The van der Waals surface area contributed by atoms with Crippen molar-refractivity contribution in [2.45, 2.75) is 44.2 Å². The molecule has 1 N–H and O–H groups in total. The standard InChI is InChI=1S/C17H26N2O2/c1-19(2)16(13-9-11-15(21-3)12-10-13)17(20)18-14-7-5-4-6-8-14/h9-12,14,16H,4-8H2,1-3H3,(H,18,20). The average molecular weight is 290 g/mol. The molecule has 116 valence electrons. The first-order valence-corrected chi connectivity index (χ1v) is 7.72. The Morgan fingerprint density at radius 1 is 1.19 bits per heavy atom. The second kappa shape index (κ2) is 7.46. The maximum absolute atomic E-state index is 12.6. The van der Waals surface area contributed by atoms with Gasteiger partial charge >= 0.3 is 0 Å². The molecule has 0 radical (unpaired) electrons. The van der Waals surface area contributed by atoms with Crippen LogP contribution in [0.2, 0.25) is 0 Å². The van der Waals surface area contributed by atoms with Gasteiger partial charge < -0.3 is 10.1 Å². The van der Waals surface area contributed by atoms with E-state index in [1.165, 1.54) is 19.3 Å². The second-order valence-corrected chi connectivity index (χ2v) is 5.98. The maximum Gasteiger partial charge on any atom is 0.242 e. The molecule has 1 unspecified atom stereocenters. The van der Waals surface area contributed by atoms with E-state index in [4.69, 9.17) is 4.74 Å². The lowest BCUT2D eigenvalue weighted by Gasteiger charge is -2.28. The molecule has 1 aromatic carbocycles. The molecule has 1 atom stereocenters. The minimum atomic E-state index is -0.252. The van der Waals surface area contributed by atoms with Crippen molar-refractivity contribution in [3.8, 4) is 5.75 Å². The Bertz CT molecular complexity index is 450. The van der Waals surface area contributed by atoms with Crippen LogP contribution in [0.25, 0.3) is 0 Å². The molecular formula is C17H26N2O2. The molecule has 2 rings (SSSR count). The van der Waals surface area contributed by atoms with Gasteiger partial charge in [0, 0.05) is 6.04 Å². The summed E-state index contributed by atoms with van der Waals surface area (Å²) in [6, 6.07) is 7.82. The third-order valence-electron chi connectivity index (χ3n) is 4.15. The number of benzene rings is 1. The molecule has 0 saturated heterocycles. The van der Waals surface area contributed by atoms with Crippen LogP contribution in [0.4, 0.5) is 0 Å². The third kappa shape index (κ3) is 4.21. The van der Waals surface area contributed by atoms with Gasteiger partial charge in [-0.05, 0) is 44.6 Å². The third-order valence-corrected chi connectivity index (χ3v) is 4.15. The Morgan fingerprint density at radius 2 is 1.81 bits per heavy atom. The van der Waals surface area contributed by atoms with Crippen molar-refractivity contribution in [1.82, 2.24) is 10.2 Å². The fourth-order valence-electron chi connectivity index (χ4n) is 3.00. The smallest absolute Gasteiger partial charge is 0.242 e. The molecule has 0 bridgehead atoms. The first kappa shape index (κ1) is 15.8. The number of likely N-dealkylation sites (N-methyl/N-ethyl adjacent to an activating group) is 1. The van der Waals surface area contributed by atoms with Gasteiger partial charge in [-0.15, -0.1) is 0 Å². The molecule has 0 aliphatic heterocycles. The summed E-state index contributed by atoms with van der Waals surface area (Å²) >= 11 is 0. The van der Waals surface area contributed by atoms with E-state index in [2.05, 4.69) is 5.32 Å². The minimum absolute atomic E-state index is 0.0945. The van der Waals surface area contributed by atoms with Crippen molar-refractivity contribution in [2.24, 2.45) is 0 Å². The number of rotatable bonds is 5. The summed E-state index contributed by atoms with van der Waals surface area (Å²) in [6.45, 7) is 0. The average Bonchev–Trinajstić information content (AvgIpc) is 2.49. The Balaban J connectivity index is 2.07. The highest BCUT2D eigenvalue weighted by molar-refractivity contribution is 5.83. The summed E-state index contributed by atoms with van der Waals surface area (Å²) in [6.07, 6.45) is 5.95. The van der Waals surface area contributed by atoms with Crippen molar-refractivity contribution >= 4 is 5.91 Å². The summed E-state index contributed by atoms with van der Waals surface area (Å²) in [7, 11) is 5.53. The van der Waals surface area contributed by atoms with Crippen molar-refractivity contribution in [3.63, 3.8) is 0 Å². The van der Waals surface area contributed by atoms with Crippen molar-refractivity contribution < 1.29 is 9.53 Å². The number of nitrogens with zero attached hydrogens (tertiary/aromatic N) is 1. The van der Waals surface area contributed by atoms with E-state index < -0.39 is 0 Å². The monoisotopic (exact) mass is 290 g/mol. The van der Waals surface area contributed by atoms with E-state index in [0.717, 1.165) is 24.2 Å². The zero-order valence-corrected chi connectivity index (χ0v) is 13.3. The van der Waals surface area contributed by atoms with Gasteiger partial charge in [0.15, 0.2) is 0 Å². The molecule has 4 heteroatoms. The topological polar surface area (TPSA) is 41.6 Å². The SMILES string of the molecule is COc1ccc(C(C(=O)NC2CCCCC2)N(C)C)cc1. The number of carbonyl (C=O) groups is 1. The zero-order valence-electron chi connectivity index (χ0n) is 13.3. The Kier molecular flexibility index (Phi) is 5.62. The van der Waals surface area contributed by atoms with Gasteiger partial charge in [0.25, 0.3) is 0 Å². The highest BCUT2D eigenvalue weighted by Crippen LogP contribution is 2.23. The molecule has 1 fully saturated rings. The first-order chi connectivity index (χ1) is 10.1. The number of nitrogens with one attached hydrogen (secondary N) is 1. The van der Waals surface area contributed by atoms with Crippen LogP contribution in [0.1, 0.15) is 43.7 Å². The summed E-state index contributed by atoms with van der Waals surface area (Å²) in [5.74, 6) is 0.904. The number of hydrogen-bond acceptors (Lipinski definition) is 3. The quantitative estimate of drug-likeness (QED) is 0.906. The predicted molar refractivity (Wildman–Crippen MR) is 84.4 cm³/mol. The number of ether oxygens (including phenoxy) is 1. The summed E-state index contributed by atoms with van der Waals surface area (Å²) < 4.78 is 5.18. The van der Waals surface area contributed by atoms with Crippen LogP contribution >= 0.6 is 0 Å². The Morgan fingerprint density at radius 3 is 2.33 bits per heavy atom. The lowest BCUT2D eigenvalue weighted by atomic mass is 9.95. The van der Waals surface area contributed by atoms with E-state index in [0.29, 0.717) is 6.04 Å². The number of carbonyl (C=O) groups excluding carboxylic acids is 1. The minimum Gasteiger partial charge on any atom is -0.497 e. The van der Waals surface area contributed by atoms with E-state index in [1.54, 1.807) is 7.11 Å². The van der Waals surface area contributed by atoms with Gasteiger partial charge in [-0.25, -0.2) is 0 Å². The van der Waals surface area contributed by atoms with Crippen LogP contribution in [0.5, 0.6) is 5.75 Å². The van der Waals surface area contributed by atoms with Gasteiger partial charge in [0.1, 0.15) is 11.8 Å². The molecule has 1 aliphatic carbocycles. The van der Waals surface area contributed by atoms with Crippen LogP contribution < -0.4 is 10.1 Å². The van der Waals surface area contributed by atoms with Gasteiger partial charge in [0.05, 0.1) is 7.11 Å². The van der Waals surface area contributed by atoms with E-state index in [-0.39, 0.29) is 11.9 Å².